The number of fused-ring (bicyclic) bond motifs is 10. The van der Waals surface area contributed by atoms with Crippen molar-refractivity contribution >= 4 is 27.8 Å². The number of hydrogen-bond donors (Lipinski definition) is 0. The molecule has 1 heteroatoms. The quantitative estimate of drug-likeness (QED) is 0.163. The summed E-state index contributed by atoms with van der Waals surface area (Å²) in [5.74, 6) is 0.285. The van der Waals surface area contributed by atoms with E-state index in [0.717, 1.165) is 17.1 Å². The normalized spacial score (nSPS) is 18.9. The van der Waals surface area contributed by atoms with Crippen LogP contribution in [0.15, 0.2) is 249 Å². The number of anilines is 3. The summed E-state index contributed by atoms with van der Waals surface area (Å²) in [4.78, 5) is 2.38. The molecule has 1 spiro atoms. The van der Waals surface area contributed by atoms with E-state index in [1.54, 1.807) is 0 Å². The van der Waals surface area contributed by atoms with Crippen molar-refractivity contribution in [1.29, 1.82) is 0 Å². The SMILES string of the molecule is C1=CC2C(C=C1)C1(c3ccccc3-c3cc(-c4ccc(N(c5ccccc5)c5ccccc5)c5ccccc45)ccc31)c1ccccc1C2(c1ccccc1)c1ccccc1. The molecule has 0 radical (unpaired) electrons. The Labute approximate surface area is 358 Å². The molecule has 0 amide bonds. The third kappa shape index (κ3) is 5.08. The minimum atomic E-state index is -0.405. The van der Waals surface area contributed by atoms with Gasteiger partial charge < -0.3 is 4.90 Å². The first kappa shape index (κ1) is 35.5. The number of hydrogen-bond acceptors (Lipinski definition) is 1. The minimum Gasteiger partial charge on any atom is -0.310 e. The number of para-hydroxylation sites is 2. The van der Waals surface area contributed by atoms with Gasteiger partial charge >= 0.3 is 0 Å². The van der Waals surface area contributed by atoms with E-state index < -0.39 is 10.8 Å². The lowest BCUT2D eigenvalue weighted by Crippen LogP contribution is -2.54. The standard InChI is InChI=1S/C60H43N/c1-5-21-43(22-6-1)59(44-23-7-2-8-24-44)54-33-17-19-35-56(54)60(57-36-20-18-34-55(57)59)52-32-16-15-30-49(52)51-41-42(37-39-53(51)60)47-38-40-58(50-31-14-13-29-48(47)50)61(45-25-9-3-10-26-45)46-27-11-4-12-28-46/h1-41,54,56H. The Morgan fingerprint density at radius 1 is 0.328 bits per heavy atom. The molecule has 0 saturated heterocycles. The van der Waals surface area contributed by atoms with Gasteiger partial charge in [0.1, 0.15) is 0 Å². The molecule has 61 heavy (non-hydrogen) atoms. The molecule has 3 aliphatic rings. The highest BCUT2D eigenvalue weighted by Crippen LogP contribution is 2.67. The minimum absolute atomic E-state index is 0.142. The van der Waals surface area contributed by atoms with Crippen LogP contribution in [0.5, 0.6) is 0 Å². The number of nitrogens with zero attached hydrogens (tertiary/aromatic N) is 1. The average molecular weight is 778 g/mol. The number of benzene rings is 9. The number of rotatable bonds is 6. The fraction of sp³-hybridized carbons (Fsp3) is 0.0667. The molecule has 288 valence electrons. The van der Waals surface area contributed by atoms with Crippen LogP contribution in [0, 0.1) is 11.8 Å². The van der Waals surface area contributed by atoms with Crippen molar-refractivity contribution in [2.45, 2.75) is 10.8 Å². The molecular weight excluding hydrogens is 735 g/mol. The lowest BCUT2D eigenvalue weighted by atomic mass is 9.44. The molecule has 0 N–H and O–H groups in total. The Bertz CT molecular complexity index is 3070. The van der Waals surface area contributed by atoms with E-state index in [9.17, 15) is 0 Å². The maximum absolute atomic E-state index is 2.53. The fourth-order valence-electron chi connectivity index (χ4n) is 11.7. The summed E-state index contributed by atoms with van der Waals surface area (Å²) in [7, 11) is 0. The highest BCUT2D eigenvalue weighted by Gasteiger charge is 2.62. The zero-order valence-corrected chi connectivity index (χ0v) is 33.8. The molecule has 3 aliphatic carbocycles. The first-order chi connectivity index (χ1) is 30.3. The van der Waals surface area contributed by atoms with Crippen LogP contribution in [0.25, 0.3) is 33.0 Å². The van der Waals surface area contributed by atoms with Crippen LogP contribution < -0.4 is 4.90 Å². The smallest absolute Gasteiger partial charge is 0.0540 e. The van der Waals surface area contributed by atoms with Crippen molar-refractivity contribution in [3.8, 4) is 22.3 Å². The largest absolute Gasteiger partial charge is 0.310 e. The summed E-state index contributed by atoms with van der Waals surface area (Å²) in [5.41, 5.74) is 15.9. The third-order valence-corrected chi connectivity index (χ3v) is 13.9. The van der Waals surface area contributed by atoms with E-state index in [4.69, 9.17) is 0 Å². The fourth-order valence-corrected chi connectivity index (χ4v) is 11.7. The van der Waals surface area contributed by atoms with E-state index >= 15 is 0 Å². The molecule has 9 aromatic carbocycles. The Balaban J connectivity index is 1.09. The molecule has 0 fully saturated rings. The summed E-state index contributed by atoms with van der Waals surface area (Å²) >= 11 is 0. The summed E-state index contributed by atoms with van der Waals surface area (Å²) < 4.78 is 0. The second-order valence-corrected chi connectivity index (χ2v) is 16.7. The zero-order valence-electron chi connectivity index (χ0n) is 33.8. The van der Waals surface area contributed by atoms with Gasteiger partial charge in [0.15, 0.2) is 0 Å². The van der Waals surface area contributed by atoms with Gasteiger partial charge in [0.25, 0.3) is 0 Å². The second-order valence-electron chi connectivity index (χ2n) is 16.7. The van der Waals surface area contributed by atoms with Crippen LogP contribution in [0.1, 0.15) is 33.4 Å². The Morgan fingerprint density at radius 3 is 1.43 bits per heavy atom. The van der Waals surface area contributed by atoms with E-state index in [2.05, 4.69) is 254 Å². The molecule has 0 aliphatic heterocycles. The zero-order chi connectivity index (χ0) is 40.4. The van der Waals surface area contributed by atoms with Crippen LogP contribution in [0.3, 0.4) is 0 Å². The highest BCUT2D eigenvalue weighted by molar-refractivity contribution is 6.06. The van der Waals surface area contributed by atoms with Gasteiger partial charge in [-0.15, -0.1) is 0 Å². The molecule has 12 rings (SSSR count). The van der Waals surface area contributed by atoms with E-state index in [1.165, 1.54) is 66.4 Å². The molecule has 9 aromatic rings. The van der Waals surface area contributed by atoms with Crippen molar-refractivity contribution in [2.24, 2.45) is 11.8 Å². The first-order valence-electron chi connectivity index (χ1n) is 21.5. The van der Waals surface area contributed by atoms with Crippen molar-refractivity contribution in [2.75, 3.05) is 4.90 Å². The molecule has 0 heterocycles. The van der Waals surface area contributed by atoms with Crippen molar-refractivity contribution in [1.82, 2.24) is 0 Å². The maximum atomic E-state index is 2.53. The van der Waals surface area contributed by atoms with Crippen LogP contribution >= 0.6 is 0 Å². The van der Waals surface area contributed by atoms with Gasteiger partial charge in [-0.3, -0.25) is 0 Å². The van der Waals surface area contributed by atoms with Gasteiger partial charge in [-0.2, -0.15) is 0 Å². The second kappa shape index (κ2) is 14.1. The summed E-state index contributed by atoms with van der Waals surface area (Å²) in [6.07, 6.45) is 9.63. The Kier molecular flexibility index (Phi) is 8.18. The summed E-state index contributed by atoms with van der Waals surface area (Å²) in [6, 6.07) is 83.5. The van der Waals surface area contributed by atoms with Gasteiger partial charge in [0.2, 0.25) is 0 Å². The first-order valence-corrected chi connectivity index (χ1v) is 21.5. The topological polar surface area (TPSA) is 3.24 Å². The van der Waals surface area contributed by atoms with Crippen molar-refractivity contribution in [3.05, 3.63) is 282 Å². The number of allylic oxidation sites excluding steroid dienone is 4. The highest BCUT2D eigenvalue weighted by atomic mass is 15.1. The van der Waals surface area contributed by atoms with Crippen LogP contribution in [0.2, 0.25) is 0 Å². The van der Waals surface area contributed by atoms with Crippen molar-refractivity contribution < 1.29 is 0 Å². The van der Waals surface area contributed by atoms with Gasteiger partial charge in [-0.1, -0.05) is 212 Å². The van der Waals surface area contributed by atoms with Crippen LogP contribution in [-0.4, -0.2) is 0 Å². The average Bonchev–Trinajstić information content (AvgIpc) is 3.63. The molecule has 0 bridgehead atoms. The molecule has 3 unspecified atom stereocenters. The molecule has 1 nitrogen and oxygen atoms in total. The van der Waals surface area contributed by atoms with Gasteiger partial charge in [-0.05, 0) is 97.4 Å². The monoisotopic (exact) mass is 777 g/mol. The van der Waals surface area contributed by atoms with Gasteiger partial charge in [-0.25, -0.2) is 0 Å². The van der Waals surface area contributed by atoms with Crippen molar-refractivity contribution in [3.63, 3.8) is 0 Å². The van der Waals surface area contributed by atoms with Crippen LogP contribution in [0.4, 0.5) is 17.1 Å². The van der Waals surface area contributed by atoms with E-state index in [1.807, 2.05) is 0 Å². The molecule has 0 aromatic heterocycles. The third-order valence-electron chi connectivity index (χ3n) is 13.9. The maximum Gasteiger partial charge on any atom is 0.0540 e. The molecule has 0 saturated carbocycles. The van der Waals surface area contributed by atoms with E-state index in [-0.39, 0.29) is 11.8 Å². The van der Waals surface area contributed by atoms with Crippen LogP contribution in [-0.2, 0) is 10.8 Å². The molecular formula is C60H43N. The predicted molar refractivity (Wildman–Crippen MR) is 254 cm³/mol. The molecule has 3 atom stereocenters. The summed E-state index contributed by atoms with van der Waals surface area (Å²) in [6.45, 7) is 0. The van der Waals surface area contributed by atoms with Gasteiger partial charge in [0.05, 0.1) is 16.5 Å². The van der Waals surface area contributed by atoms with Gasteiger partial charge in [0, 0.05) is 28.6 Å². The predicted octanol–water partition coefficient (Wildman–Crippen LogP) is 15.0. The Morgan fingerprint density at radius 2 is 0.803 bits per heavy atom. The van der Waals surface area contributed by atoms with E-state index in [0.29, 0.717) is 0 Å². The Hall–Kier alpha value is -7.48. The lowest BCUT2D eigenvalue weighted by molar-refractivity contribution is 0.250. The summed E-state index contributed by atoms with van der Waals surface area (Å²) in [5, 5.41) is 2.45. The lowest BCUT2D eigenvalue weighted by Gasteiger charge is -2.57.